The summed E-state index contributed by atoms with van der Waals surface area (Å²) in [6.45, 7) is 2.04. The lowest BCUT2D eigenvalue weighted by atomic mass is 10.3. The molecule has 0 atom stereocenters. The number of benzene rings is 1. The van der Waals surface area contributed by atoms with Crippen LogP contribution in [0.4, 0.5) is 5.69 Å². The first-order valence-electron chi connectivity index (χ1n) is 5.50. The maximum absolute atomic E-state index is 11.8. The van der Waals surface area contributed by atoms with Crippen LogP contribution in [0.25, 0.3) is 16.8 Å². The van der Waals surface area contributed by atoms with Gasteiger partial charge in [0.1, 0.15) is 0 Å². The van der Waals surface area contributed by atoms with Crippen molar-refractivity contribution in [1.29, 1.82) is 0 Å². The number of H-pyrrole nitrogens is 1. The Labute approximate surface area is 102 Å². The van der Waals surface area contributed by atoms with Crippen molar-refractivity contribution < 1.29 is 9.53 Å². The zero-order valence-electron chi connectivity index (χ0n) is 9.67. The van der Waals surface area contributed by atoms with Gasteiger partial charge in [0.2, 0.25) is 11.6 Å². The molecule has 92 valence electrons. The number of ether oxygens (including phenoxy) is 1. The molecule has 7 heteroatoms. The molecule has 0 amide bonds. The van der Waals surface area contributed by atoms with Crippen LogP contribution in [0.5, 0.6) is 0 Å². The third kappa shape index (κ3) is 1.41. The van der Waals surface area contributed by atoms with Crippen molar-refractivity contribution in [3.8, 4) is 0 Å². The molecule has 2 aromatic heterocycles. The van der Waals surface area contributed by atoms with Gasteiger partial charge < -0.3 is 10.5 Å². The van der Waals surface area contributed by atoms with Gasteiger partial charge in [-0.15, -0.1) is 5.10 Å². The summed E-state index contributed by atoms with van der Waals surface area (Å²) in [6, 6.07) is 5.29. The summed E-state index contributed by atoms with van der Waals surface area (Å²) in [6.07, 6.45) is 0. The second kappa shape index (κ2) is 3.73. The van der Waals surface area contributed by atoms with Crippen molar-refractivity contribution in [2.24, 2.45) is 0 Å². The van der Waals surface area contributed by atoms with Gasteiger partial charge in [0, 0.05) is 5.69 Å². The Kier molecular flexibility index (Phi) is 2.19. The van der Waals surface area contributed by atoms with Crippen molar-refractivity contribution in [2.45, 2.75) is 6.92 Å². The maximum atomic E-state index is 11.8. The van der Waals surface area contributed by atoms with E-state index in [4.69, 9.17) is 10.5 Å². The third-order valence-electron chi connectivity index (χ3n) is 2.61. The van der Waals surface area contributed by atoms with Crippen LogP contribution in [0.1, 0.15) is 17.5 Å². The molecule has 7 nitrogen and oxygen atoms in total. The SMILES string of the molecule is CCOC(=O)c1n[nH]c2nc3ccc(N)cc3n12. The average molecular weight is 245 g/mol. The van der Waals surface area contributed by atoms with Gasteiger partial charge in [-0.2, -0.15) is 0 Å². The number of anilines is 1. The molecule has 0 radical (unpaired) electrons. The zero-order chi connectivity index (χ0) is 12.7. The van der Waals surface area contributed by atoms with Gasteiger partial charge in [-0.05, 0) is 25.1 Å². The van der Waals surface area contributed by atoms with Crippen LogP contribution in [-0.4, -0.2) is 32.2 Å². The van der Waals surface area contributed by atoms with Crippen LogP contribution < -0.4 is 5.73 Å². The Morgan fingerprint density at radius 1 is 1.56 bits per heavy atom. The number of esters is 1. The van der Waals surface area contributed by atoms with Crippen LogP contribution in [0.3, 0.4) is 0 Å². The standard InChI is InChI=1S/C11H11N5O2/c1-2-18-10(17)9-14-15-11-13-7-4-3-6(12)5-8(7)16(9)11/h3-5H,2,12H2,1H3,(H,13,15). The molecule has 0 fully saturated rings. The van der Waals surface area contributed by atoms with Crippen molar-refractivity contribution >= 4 is 28.5 Å². The van der Waals surface area contributed by atoms with Gasteiger partial charge in [0.25, 0.3) is 0 Å². The van der Waals surface area contributed by atoms with E-state index in [1.54, 1.807) is 29.5 Å². The first-order chi connectivity index (χ1) is 8.70. The number of nitrogens with zero attached hydrogens (tertiary/aromatic N) is 3. The number of hydrogen-bond acceptors (Lipinski definition) is 5. The minimum Gasteiger partial charge on any atom is -0.460 e. The van der Waals surface area contributed by atoms with E-state index in [1.165, 1.54) is 0 Å². The van der Waals surface area contributed by atoms with E-state index in [-0.39, 0.29) is 5.82 Å². The number of fused-ring (bicyclic) bond motifs is 3. The lowest BCUT2D eigenvalue weighted by Crippen LogP contribution is -2.09. The van der Waals surface area contributed by atoms with Gasteiger partial charge >= 0.3 is 5.97 Å². The Balaban J connectivity index is 2.30. The predicted molar refractivity (Wildman–Crippen MR) is 65.2 cm³/mol. The molecule has 0 bridgehead atoms. The van der Waals surface area contributed by atoms with Crippen LogP contribution >= 0.6 is 0 Å². The number of hydrogen-bond donors (Lipinski definition) is 2. The van der Waals surface area contributed by atoms with Gasteiger partial charge in [-0.25, -0.2) is 14.9 Å². The maximum Gasteiger partial charge on any atom is 0.376 e. The fourth-order valence-corrected chi connectivity index (χ4v) is 1.87. The molecule has 18 heavy (non-hydrogen) atoms. The van der Waals surface area contributed by atoms with Crippen LogP contribution in [-0.2, 0) is 4.74 Å². The van der Waals surface area contributed by atoms with Gasteiger partial charge in [-0.1, -0.05) is 0 Å². The quantitative estimate of drug-likeness (QED) is 0.517. The second-order valence-corrected chi connectivity index (χ2v) is 3.79. The zero-order valence-corrected chi connectivity index (χ0v) is 9.67. The van der Waals surface area contributed by atoms with Crippen molar-refractivity contribution in [1.82, 2.24) is 19.6 Å². The summed E-state index contributed by atoms with van der Waals surface area (Å²) in [7, 11) is 0. The number of aromatic nitrogens is 4. The molecule has 3 rings (SSSR count). The Bertz CT molecular complexity index is 742. The predicted octanol–water partition coefficient (Wildman–Crippen LogP) is 0.970. The topological polar surface area (TPSA) is 98.3 Å². The molecule has 0 saturated carbocycles. The summed E-state index contributed by atoms with van der Waals surface area (Å²) >= 11 is 0. The van der Waals surface area contributed by atoms with E-state index in [1.807, 2.05) is 0 Å². The fraction of sp³-hybridized carbons (Fsp3) is 0.182. The first kappa shape index (κ1) is 10.6. The summed E-state index contributed by atoms with van der Waals surface area (Å²) < 4.78 is 6.54. The van der Waals surface area contributed by atoms with E-state index < -0.39 is 5.97 Å². The highest BCUT2D eigenvalue weighted by Crippen LogP contribution is 2.19. The summed E-state index contributed by atoms with van der Waals surface area (Å²) in [5.74, 6) is 0.157. The van der Waals surface area contributed by atoms with Crippen molar-refractivity contribution in [2.75, 3.05) is 12.3 Å². The molecule has 0 aliphatic heterocycles. The number of nitrogens with two attached hydrogens (primary N) is 1. The van der Waals surface area contributed by atoms with E-state index in [9.17, 15) is 4.79 Å². The van der Waals surface area contributed by atoms with Crippen molar-refractivity contribution in [3.05, 3.63) is 24.0 Å². The third-order valence-corrected chi connectivity index (χ3v) is 2.61. The van der Waals surface area contributed by atoms with E-state index in [2.05, 4.69) is 15.2 Å². The molecule has 0 saturated heterocycles. The molecule has 0 aliphatic carbocycles. The molecule has 1 aromatic carbocycles. The van der Waals surface area contributed by atoms with E-state index >= 15 is 0 Å². The molecule has 3 aromatic rings. The van der Waals surface area contributed by atoms with E-state index in [0.717, 1.165) is 11.0 Å². The molecular formula is C11H11N5O2. The number of carbonyl (C=O) groups excluding carboxylic acids is 1. The number of aromatic amines is 1. The molecule has 0 aliphatic rings. The van der Waals surface area contributed by atoms with Crippen LogP contribution in [0, 0.1) is 0 Å². The number of carbonyl (C=O) groups is 1. The minimum atomic E-state index is -0.495. The molecule has 3 N–H and O–H groups in total. The molecule has 0 unspecified atom stereocenters. The highest BCUT2D eigenvalue weighted by molar-refractivity contribution is 5.91. The smallest absolute Gasteiger partial charge is 0.376 e. The molecular weight excluding hydrogens is 234 g/mol. The Morgan fingerprint density at radius 2 is 2.39 bits per heavy atom. The van der Waals surface area contributed by atoms with Gasteiger partial charge in [0.05, 0.1) is 17.6 Å². The minimum absolute atomic E-state index is 0.167. The average Bonchev–Trinajstić information content (AvgIpc) is 2.88. The number of imidazole rings is 1. The highest BCUT2D eigenvalue weighted by atomic mass is 16.5. The monoisotopic (exact) mass is 245 g/mol. The van der Waals surface area contributed by atoms with Crippen LogP contribution in [0.15, 0.2) is 18.2 Å². The van der Waals surface area contributed by atoms with Gasteiger partial charge in [-0.3, -0.25) is 4.40 Å². The lowest BCUT2D eigenvalue weighted by molar-refractivity contribution is 0.0511. The fourth-order valence-electron chi connectivity index (χ4n) is 1.87. The first-order valence-corrected chi connectivity index (χ1v) is 5.50. The summed E-state index contributed by atoms with van der Waals surface area (Å²) in [4.78, 5) is 16.1. The summed E-state index contributed by atoms with van der Waals surface area (Å²) in [5.41, 5.74) is 7.80. The normalized spacial score (nSPS) is 11.2. The number of nitrogens with one attached hydrogen (secondary N) is 1. The second-order valence-electron chi connectivity index (χ2n) is 3.79. The Hall–Kier alpha value is -2.57. The Morgan fingerprint density at radius 3 is 3.17 bits per heavy atom. The van der Waals surface area contributed by atoms with Gasteiger partial charge in [0.15, 0.2) is 0 Å². The summed E-state index contributed by atoms with van der Waals surface area (Å²) in [5, 5.41) is 6.61. The highest BCUT2D eigenvalue weighted by Gasteiger charge is 2.18. The van der Waals surface area contributed by atoms with Crippen LogP contribution in [0.2, 0.25) is 0 Å². The van der Waals surface area contributed by atoms with E-state index in [0.29, 0.717) is 18.1 Å². The van der Waals surface area contributed by atoms with Crippen molar-refractivity contribution in [3.63, 3.8) is 0 Å². The molecule has 0 spiro atoms. The largest absolute Gasteiger partial charge is 0.460 e. The number of rotatable bonds is 2. The lowest BCUT2D eigenvalue weighted by Gasteiger charge is -1.99. The number of nitrogen functional groups attached to an aromatic ring is 1. The molecule has 2 heterocycles.